The van der Waals surface area contributed by atoms with Gasteiger partial charge >= 0.3 is 5.97 Å². The standard InChI is InChI=1S/C14H21N3O4.ClH/c1-9(18)10-7-12(17(2)8-10)13(19)16-6-4-3-5-11(15)14(20)21;/h7-8,11H,3-6,15H2,1-2H3,(H,16,19)(H,20,21);1H/t11-;/m0./s1. The lowest BCUT2D eigenvalue weighted by atomic mass is 10.1. The Kier molecular flexibility index (Phi) is 8.44. The van der Waals surface area contributed by atoms with E-state index in [4.69, 9.17) is 10.8 Å². The van der Waals surface area contributed by atoms with E-state index in [0.717, 1.165) is 0 Å². The zero-order valence-electron chi connectivity index (χ0n) is 12.7. The molecule has 1 aromatic rings. The summed E-state index contributed by atoms with van der Waals surface area (Å²) in [5.74, 6) is -1.36. The molecule has 22 heavy (non-hydrogen) atoms. The number of amides is 1. The van der Waals surface area contributed by atoms with E-state index >= 15 is 0 Å². The van der Waals surface area contributed by atoms with Crippen molar-refractivity contribution in [2.24, 2.45) is 12.8 Å². The number of Topliss-reactive ketones (excluding diaryl/α,β-unsaturated/α-hetero) is 1. The summed E-state index contributed by atoms with van der Waals surface area (Å²) >= 11 is 0. The quantitative estimate of drug-likeness (QED) is 0.485. The minimum Gasteiger partial charge on any atom is -0.480 e. The van der Waals surface area contributed by atoms with Crippen molar-refractivity contribution in [3.8, 4) is 0 Å². The van der Waals surface area contributed by atoms with Crippen molar-refractivity contribution < 1.29 is 19.5 Å². The van der Waals surface area contributed by atoms with Crippen molar-refractivity contribution in [1.29, 1.82) is 0 Å². The fraction of sp³-hybridized carbons (Fsp3) is 0.500. The number of nitrogens with zero attached hydrogens (tertiary/aromatic N) is 1. The van der Waals surface area contributed by atoms with Gasteiger partial charge in [-0.2, -0.15) is 0 Å². The van der Waals surface area contributed by atoms with Gasteiger partial charge in [0.25, 0.3) is 5.91 Å². The third-order valence-corrected chi connectivity index (χ3v) is 3.19. The van der Waals surface area contributed by atoms with Crippen molar-refractivity contribution in [1.82, 2.24) is 9.88 Å². The largest absolute Gasteiger partial charge is 0.480 e. The highest BCUT2D eigenvalue weighted by atomic mass is 35.5. The predicted octanol–water partition coefficient (Wildman–Crippen LogP) is 0.962. The van der Waals surface area contributed by atoms with Crippen molar-refractivity contribution in [2.75, 3.05) is 6.54 Å². The molecule has 1 aromatic heterocycles. The van der Waals surface area contributed by atoms with Crippen LogP contribution < -0.4 is 11.1 Å². The van der Waals surface area contributed by atoms with Crippen LogP contribution >= 0.6 is 12.4 Å². The summed E-state index contributed by atoms with van der Waals surface area (Å²) in [6.07, 6.45) is 3.27. The zero-order chi connectivity index (χ0) is 16.0. The molecule has 0 bridgehead atoms. The van der Waals surface area contributed by atoms with Gasteiger partial charge < -0.3 is 20.7 Å². The van der Waals surface area contributed by atoms with Gasteiger partial charge in [0.2, 0.25) is 0 Å². The van der Waals surface area contributed by atoms with Crippen molar-refractivity contribution in [3.63, 3.8) is 0 Å². The first-order valence-electron chi connectivity index (χ1n) is 6.76. The maximum absolute atomic E-state index is 11.9. The number of nitrogens with two attached hydrogens (primary N) is 1. The number of rotatable bonds is 8. The average molecular weight is 332 g/mol. The molecule has 0 unspecified atom stereocenters. The van der Waals surface area contributed by atoms with Crippen LogP contribution in [-0.2, 0) is 11.8 Å². The van der Waals surface area contributed by atoms with E-state index in [-0.39, 0.29) is 24.1 Å². The Morgan fingerprint density at radius 2 is 2.00 bits per heavy atom. The predicted molar refractivity (Wildman–Crippen MR) is 84.5 cm³/mol. The normalized spacial score (nSPS) is 11.4. The molecule has 1 heterocycles. The van der Waals surface area contributed by atoms with Gasteiger partial charge in [0.1, 0.15) is 11.7 Å². The van der Waals surface area contributed by atoms with E-state index < -0.39 is 12.0 Å². The van der Waals surface area contributed by atoms with Crippen LogP contribution in [0.4, 0.5) is 0 Å². The first-order valence-corrected chi connectivity index (χ1v) is 6.76. The lowest BCUT2D eigenvalue weighted by Gasteiger charge is -2.07. The molecular weight excluding hydrogens is 310 g/mol. The summed E-state index contributed by atoms with van der Waals surface area (Å²) in [5, 5.41) is 11.4. The highest BCUT2D eigenvalue weighted by Crippen LogP contribution is 2.08. The molecule has 0 aromatic carbocycles. The molecule has 0 saturated heterocycles. The SMILES string of the molecule is CC(=O)c1cc(C(=O)NCCCC[C@H](N)C(=O)O)n(C)c1.Cl. The summed E-state index contributed by atoms with van der Waals surface area (Å²) in [6.45, 7) is 1.88. The average Bonchev–Trinajstić information content (AvgIpc) is 2.80. The monoisotopic (exact) mass is 331 g/mol. The summed E-state index contributed by atoms with van der Waals surface area (Å²) in [5.41, 5.74) is 6.29. The van der Waals surface area contributed by atoms with Gasteiger partial charge in [-0.3, -0.25) is 14.4 Å². The molecule has 1 rings (SSSR count). The van der Waals surface area contributed by atoms with E-state index in [1.165, 1.54) is 6.92 Å². The molecule has 0 aliphatic carbocycles. The number of unbranched alkanes of at least 4 members (excludes halogenated alkanes) is 1. The highest BCUT2D eigenvalue weighted by Gasteiger charge is 2.14. The summed E-state index contributed by atoms with van der Waals surface area (Å²) in [4.78, 5) is 33.7. The van der Waals surface area contributed by atoms with Gasteiger partial charge in [-0.05, 0) is 32.3 Å². The molecule has 0 spiro atoms. The Morgan fingerprint density at radius 3 is 2.50 bits per heavy atom. The molecule has 0 aliphatic rings. The lowest BCUT2D eigenvalue weighted by Crippen LogP contribution is -2.30. The number of ketones is 1. The molecule has 1 atom stereocenters. The molecule has 0 saturated carbocycles. The Balaban J connectivity index is 0.00000441. The summed E-state index contributed by atoms with van der Waals surface area (Å²) in [6, 6.07) is 0.699. The molecule has 124 valence electrons. The minimum absolute atomic E-state index is 0. The zero-order valence-corrected chi connectivity index (χ0v) is 13.5. The fourth-order valence-corrected chi connectivity index (χ4v) is 1.89. The number of halogens is 1. The van der Waals surface area contributed by atoms with Crippen LogP contribution in [-0.4, -0.2) is 39.9 Å². The molecule has 0 fully saturated rings. The second-order valence-corrected chi connectivity index (χ2v) is 4.98. The summed E-state index contributed by atoms with van der Waals surface area (Å²) < 4.78 is 1.60. The maximum atomic E-state index is 11.9. The Labute approximate surface area is 135 Å². The molecule has 0 aliphatic heterocycles. The van der Waals surface area contributed by atoms with Crippen LogP contribution in [0.15, 0.2) is 12.3 Å². The molecule has 4 N–H and O–H groups in total. The Hall–Kier alpha value is -1.86. The Morgan fingerprint density at radius 1 is 1.36 bits per heavy atom. The summed E-state index contributed by atoms with van der Waals surface area (Å²) in [7, 11) is 1.70. The number of aromatic nitrogens is 1. The molecule has 1 amide bonds. The Bertz CT molecular complexity index is 542. The van der Waals surface area contributed by atoms with Gasteiger partial charge in [0.05, 0.1) is 0 Å². The van der Waals surface area contributed by atoms with Gasteiger partial charge in [-0.1, -0.05) is 0 Å². The van der Waals surface area contributed by atoms with Crippen LogP contribution in [0, 0.1) is 0 Å². The smallest absolute Gasteiger partial charge is 0.320 e. The number of aryl methyl sites for hydroxylation is 1. The highest BCUT2D eigenvalue weighted by molar-refractivity contribution is 5.99. The van der Waals surface area contributed by atoms with Gasteiger partial charge in [0.15, 0.2) is 5.78 Å². The van der Waals surface area contributed by atoms with Gasteiger partial charge in [0, 0.05) is 25.4 Å². The molecule has 0 radical (unpaired) electrons. The van der Waals surface area contributed by atoms with E-state index in [1.54, 1.807) is 23.9 Å². The minimum atomic E-state index is -1.01. The number of carbonyl (C=O) groups is 3. The van der Waals surface area contributed by atoms with Crippen LogP contribution in [0.2, 0.25) is 0 Å². The van der Waals surface area contributed by atoms with Gasteiger partial charge in [-0.15, -0.1) is 12.4 Å². The number of hydrogen-bond acceptors (Lipinski definition) is 4. The van der Waals surface area contributed by atoms with Crippen LogP contribution in [0.25, 0.3) is 0 Å². The van der Waals surface area contributed by atoms with Crippen molar-refractivity contribution in [3.05, 3.63) is 23.5 Å². The number of hydrogen-bond donors (Lipinski definition) is 3. The lowest BCUT2D eigenvalue weighted by molar-refractivity contribution is -0.138. The second kappa shape index (κ2) is 9.22. The third kappa shape index (κ3) is 5.87. The number of carboxylic acid groups (broad SMARTS) is 1. The van der Waals surface area contributed by atoms with Gasteiger partial charge in [-0.25, -0.2) is 0 Å². The number of carbonyl (C=O) groups excluding carboxylic acids is 2. The number of carboxylic acids is 1. The van der Waals surface area contributed by atoms with Crippen LogP contribution in [0.5, 0.6) is 0 Å². The number of aliphatic carboxylic acids is 1. The van der Waals surface area contributed by atoms with Crippen molar-refractivity contribution >= 4 is 30.1 Å². The second-order valence-electron chi connectivity index (χ2n) is 4.98. The van der Waals surface area contributed by atoms with E-state index in [9.17, 15) is 14.4 Å². The molecule has 8 heteroatoms. The fourth-order valence-electron chi connectivity index (χ4n) is 1.89. The van der Waals surface area contributed by atoms with E-state index in [1.807, 2.05) is 0 Å². The maximum Gasteiger partial charge on any atom is 0.320 e. The number of nitrogens with one attached hydrogen (secondary N) is 1. The van der Waals surface area contributed by atoms with E-state index in [2.05, 4.69) is 5.32 Å². The topological polar surface area (TPSA) is 114 Å². The van der Waals surface area contributed by atoms with Crippen LogP contribution in [0.1, 0.15) is 47.0 Å². The van der Waals surface area contributed by atoms with Crippen molar-refractivity contribution in [2.45, 2.75) is 32.2 Å². The first-order chi connectivity index (χ1) is 9.82. The van der Waals surface area contributed by atoms with Crippen LogP contribution in [0.3, 0.4) is 0 Å². The molecule has 7 nitrogen and oxygen atoms in total. The molecular formula is C14H22ClN3O4. The third-order valence-electron chi connectivity index (χ3n) is 3.19. The first kappa shape index (κ1) is 20.1. The van der Waals surface area contributed by atoms with E-state index in [0.29, 0.717) is 37.1 Å².